The number of hydrogen-bond acceptors (Lipinski definition) is 6. The van der Waals surface area contributed by atoms with Crippen LogP contribution in [0.5, 0.6) is 0 Å². The zero-order valence-corrected chi connectivity index (χ0v) is 12.3. The molecule has 1 saturated heterocycles. The van der Waals surface area contributed by atoms with Crippen LogP contribution in [0.3, 0.4) is 0 Å². The van der Waals surface area contributed by atoms with E-state index >= 15 is 0 Å². The van der Waals surface area contributed by atoms with Gasteiger partial charge in [-0.05, 0) is 5.56 Å². The first-order chi connectivity index (χ1) is 10.3. The van der Waals surface area contributed by atoms with Gasteiger partial charge in [-0.1, -0.05) is 30.3 Å². The molecule has 3 atom stereocenters. The van der Waals surface area contributed by atoms with Crippen LogP contribution in [-0.4, -0.2) is 49.0 Å². The van der Waals surface area contributed by atoms with Crippen LogP contribution in [0.4, 0.5) is 0 Å². The van der Waals surface area contributed by atoms with Gasteiger partial charge in [-0.2, -0.15) is 8.42 Å². The summed E-state index contributed by atoms with van der Waals surface area (Å²) in [6.07, 6.45) is -3.13. The summed E-state index contributed by atoms with van der Waals surface area (Å²) in [5, 5.41) is 8.97. The Hall–Kier alpha value is -1.52. The van der Waals surface area contributed by atoms with Crippen LogP contribution < -0.4 is 0 Å². The molecule has 0 amide bonds. The molecule has 122 valence electrons. The van der Waals surface area contributed by atoms with Crippen molar-refractivity contribution in [3.05, 3.63) is 35.9 Å². The topological polar surface area (TPSA) is 119 Å². The Labute approximate surface area is 127 Å². The molecule has 0 aromatic heterocycles. The van der Waals surface area contributed by atoms with Gasteiger partial charge in [0.2, 0.25) is 0 Å². The Morgan fingerprint density at radius 3 is 2.55 bits per heavy atom. The maximum atomic E-state index is 11.0. The first-order valence-electron chi connectivity index (χ1n) is 6.51. The van der Waals surface area contributed by atoms with Gasteiger partial charge in [0, 0.05) is 6.42 Å². The Balaban J connectivity index is 2.04. The summed E-state index contributed by atoms with van der Waals surface area (Å²) in [5.41, 5.74) is 0.839. The molecule has 0 spiro atoms. The molecule has 2 N–H and O–H groups in total. The van der Waals surface area contributed by atoms with Crippen LogP contribution in [0.1, 0.15) is 12.0 Å². The smallest absolute Gasteiger partial charge is 0.397 e. The van der Waals surface area contributed by atoms with Gasteiger partial charge in [-0.3, -0.25) is 4.55 Å². The minimum absolute atomic E-state index is 0.0810. The van der Waals surface area contributed by atoms with Crippen LogP contribution in [-0.2, 0) is 35.5 Å². The quantitative estimate of drug-likeness (QED) is 0.728. The van der Waals surface area contributed by atoms with E-state index in [1.54, 1.807) is 0 Å². The zero-order valence-electron chi connectivity index (χ0n) is 11.5. The second-order valence-corrected chi connectivity index (χ2v) is 5.84. The molecule has 0 bridgehead atoms. The van der Waals surface area contributed by atoms with Crippen molar-refractivity contribution in [2.24, 2.45) is 0 Å². The molecule has 22 heavy (non-hydrogen) atoms. The second-order valence-electron chi connectivity index (χ2n) is 4.79. The van der Waals surface area contributed by atoms with Gasteiger partial charge in [-0.15, -0.1) is 0 Å². The monoisotopic (exact) mass is 332 g/mol. The van der Waals surface area contributed by atoms with E-state index in [1.807, 2.05) is 30.3 Å². The normalized spacial score (nSPS) is 25.8. The Bertz CT molecular complexity index is 600. The fourth-order valence-corrected chi connectivity index (χ4v) is 2.61. The highest BCUT2D eigenvalue weighted by atomic mass is 32.3. The third-order valence-electron chi connectivity index (χ3n) is 3.15. The average molecular weight is 332 g/mol. The van der Waals surface area contributed by atoms with E-state index in [4.69, 9.17) is 19.1 Å². The van der Waals surface area contributed by atoms with Crippen molar-refractivity contribution in [2.75, 3.05) is 6.61 Å². The van der Waals surface area contributed by atoms with Crippen molar-refractivity contribution in [1.29, 1.82) is 0 Å². The molecule has 0 saturated carbocycles. The zero-order chi connectivity index (χ0) is 16.2. The van der Waals surface area contributed by atoms with Crippen LogP contribution in [0.25, 0.3) is 0 Å². The molecule has 1 aliphatic heterocycles. The molecule has 1 aromatic carbocycles. The van der Waals surface area contributed by atoms with Crippen molar-refractivity contribution in [2.45, 2.75) is 31.3 Å². The molecule has 8 nitrogen and oxygen atoms in total. The minimum Gasteiger partial charge on any atom is -0.479 e. The van der Waals surface area contributed by atoms with Crippen LogP contribution >= 0.6 is 0 Å². The number of hydrogen-bond donors (Lipinski definition) is 2. The van der Waals surface area contributed by atoms with Crippen molar-refractivity contribution in [3.63, 3.8) is 0 Å². The van der Waals surface area contributed by atoms with Crippen molar-refractivity contribution < 1.29 is 36.5 Å². The fourth-order valence-electron chi connectivity index (χ4n) is 2.12. The van der Waals surface area contributed by atoms with E-state index in [2.05, 4.69) is 4.18 Å². The Kier molecular flexibility index (Phi) is 5.48. The number of carboxylic acids is 1. The highest BCUT2D eigenvalue weighted by Crippen LogP contribution is 2.22. The van der Waals surface area contributed by atoms with Crippen LogP contribution in [0.15, 0.2) is 30.3 Å². The molecular formula is C13H16O8S. The van der Waals surface area contributed by atoms with Gasteiger partial charge >= 0.3 is 16.4 Å². The third-order valence-corrected chi connectivity index (χ3v) is 3.64. The van der Waals surface area contributed by atoms with Gasteiger partial charge in [-0.25, -0.2) is 8.98 Å². The maximum absolute atomic E-state index is 11.0. The van der Waals surface area contributed by atoms with E-state index in [1.165, 1.54) is 0 Å². The highest BCUT2D eigenvalue weighted by molar-refractivity contribution is 7.80. The second kappa shape index (κ2) is 7.16. The summed E-state index contributed by atoms with van der Waals surface area (Å²) in [7, 11) is -4.68. The first kappa shape index (κ1) is 16.8. The summed E-state index contributed by atoms with van der Waals surface area (Å²) in [6, 6.07) is 9.09. The molecular weight excluding hydrogens is 316 g/mol. The Morgan fingerprint density at radius 1 is 1.27 bits per heavy atom. The maximum Gasteiger partial charge on any atom is 0.397 e. The number of rotatable bonds is 6. The molecule has 9 heteroatoms. The number of carbonyl (C=O) groups is 1. The molecule has 1 fully saturated rings. The predicted octanol–water partition coefficient (Wildman–Crippen LogP) is 0.633. The van der Waals surface area contributed by atoms with E-state index in [9.17, 15) is 13.2 Å². The molecule has 3 unspecified atom stereocenters. The Morgan fingerprint density at radius 2 is 1.95 bits per heavy atom. The van der Waals surface area contributed by atoms with Crippen molar-refractivity contribution in [3.8, 4) is 0 Å². The van der Waals surface area contributed by atoms with Crippen molar-refractivity contribution >= 4 is 16.4 Å². The summed E-state index contributed by atoms with van der Waals surface area (Å²) in [6.45, 7) is -0.153. The number of carboxylic acid groups (broad SMARTS) is 1. The lowest BCUT2D eigenvalue weighted by Gasteiger charge is -2.33. The van der Waals surface area contributed by atoms with E-state index in [-0.39, 0.29) is 19.6 Å². The number of ether oxygens (including phenoxy) is 2. The van der Waals surface area contributed by atoms with Gasteiger partial charge in [0.05, 0.1) is 19.3 Å². The van der Waals surface area contributed by atoms with Gasteiger partial charge in [0.1, 0.15) is 6.10 Å². The third kappa shape index (κ3) is 5.04. The standard InChI is InChI=1S/C13H16O8S/c14-13(15)11-6-10(12(8-20-11)21-22(16,17)18)19-7-9-4-2-1-3-5-9/h1-5,10-12H,6-8H2,(H,14,15)(H,16,17,18). The van der Waals surface area contributed by atoms with E-state index in [0.29, 0.717) is 0 Å². The lowest BCUT2D eigenvalue weighted by atomic mass is 10.0. The van der Waals surface area contributed by atoms with E-state index in [0.717, 1.165) is 5.56 Å². The lowest BCUT2D eigenvalue weighted by Crippen LogP contribution is -2.47. The molecule has 2 rings (SSSR count). The van der Waals surface area contributed by atoms with Crippen LogP contribution in [0.2, 0.25) is 0 Å². The van der Waals surface area contributed by atoms with Gasteiger partial charge in [0.25, 0.3) is 0 Å². The molecule has 1 aliphatic rings. The van der Waals surface area contributed by atoms with Crippen LogP contribution in [0, 0.1) is 0 Å². The largest absolute Gasteiger partial charge is 0.479 e. The molecule has 1 aromatic rings. The summed E-state index contributed by atoms with van der Waals surface area (Å²) < 4.78 is 45.5. The molecule has 0 aliphatic carbocycles. The molecule has 0 radical (unpaired) electrons. The number of aliphatic carboxylic acids is 1. The first-order valence-corrected chi connectivity index (χ1v) is 7.87. The fraction of sp³-hybridized carbons (Fsp3) is 0.462. The van der Waals surface area contributed by atoms with Gasteiger partial charge in [0.15, 0.2) is 6.10 Å². The number of benzene rings is 1. The lowest BCUT2D eigenvalue weighted by molar-refractivity contribution is -0.173. The highest BCUT2D eigenvalue weighted by Gasteiger charge is 2.38. The van der Waals surface area contributed by atoms with Crippen molar-refractivity contribution in [1.82, 2.24) is 0 Å². The van der Waals surface area contributed by atoms with Gasteiger partial charge < -0.3 is 14.6 Å². The summed E-state index contributed by atoms with van der Waals surface area (Å²) >= 11 is 0. The predicted molar refractivity (Wildman–Crippen MR) is 73.4 cm³/mol. The minimum atomic E-state index is -4.68. The summed E-state index contributed by atoms with van der Waals surface area (Å²) in [4.78, 5) is 11.0. The average Bonchev–Trinajstić information content (AvgIpc) is 2.45. The van der Waals surface area contributed by atoms with E-state index < -0.39 is 34.7 Å². The molecule has 1 heterocycles. The summed E-state index contributed by atoms with van der Waals surface area (Å²) in [5.74, 6) is -1.17. The SMILES string of the molecule is O=C(O)C1CC(OCc2ccccc2)C(OS(=O)(=O)O)CO1.